The molecule has 0 atom stereocenters. The van der Waals surface area contributed by atoms with Crippen molar-refractivity contribution in [2.45, 2.75) is 6.92 Å². The Morgan fingerprint density at radius 2 is 2.31 bits per heavy atom. The summed E-state index contributed by atoms with van der Waals surface area (Å²) in [7, 11) is 0. The second-order valence-electron chi connectivity index (χ2n) is 2.62. The van der Waals surface area contributed by atoms with Gasteiger partial charge in [-0.25, -0.2) is 0 Å². The lowest BCUT2D eigenvalue weighted by Gasteiger charge is -2.03. The molecule has 0 amide bonds. The summed E-state index contributed by atoms with van der Waals surface area (Å²) < 4.78 is 4.61. The molecule has 66 valence electrons. The van der Waals surface area contributed by atoms with Crippen LogP contribution in [-0.4, -0.2) is 0 Å². The second-order valence-corrected chi connectivity index (χ2v) is 3.02. The molecular formula is C10H8ClNO. The molecular weight excluding hydrogens is 186 g/mol. The van der Waals surface area contributed by atoms with Crippen LogP contribution in [0.3, 0.4) is 0 Å². The number of ether oxygens (including phenoxy) is 1. The van der Waals surface area contributed by atoms with E-state index in [0.717, 1.165) is 11.1 Å². The monoisotopic (exact) mass is 193 g/mol. The van der Waals surface area contributed by atoms with E-state index < -0.39 is 0 Å². The number of nitriles is 1. The van der Waals surface area contributed by atoms with Gasteiger partial charge in [0.2, 0.25) is 0 Å². The molecule has 0 aliphatic carbocycles. The van der Waals surface area contributed by atoms with Crippen LogP contribution < -0.4 is 4.74 Å². The summed E-state index contributed by atoms with van der Waals surface area (Å²) in [4.78, 5) is 0. The molecule has 0 N–H and O–H groups in total. The minimum absolute atomic E-state index is 0.442. The van der Waals surface area contributed by atoms with Crippen molar-refractivity contribution in [3.05, 3.63) is 35.4 Å². The van der Waals surface area contributed by atoms with Crippen molar-refractivity contribution in [2.75, 3.05) is 0 Å². The van der Waals surface area contributed by atoms with Gasteiger partial charge in [0.15, 0.2) is 0 Å². The molecule has 0 saturated carbocycles. The van der Waals surface area contributed by atoms with Crippen LogP contribution in [0.4, 0.5) is 0 Å². The van der Waals surface area contributed by atoms with Crippen LogP contribution in [0.25, 0.3) is 5.57 Å². The fourth-order valence-electron chi connectivity index (χ4n) is 0.958. The van der Waals surface area contributed by atoms with Crippen LogP contribution >= 0.6 is 11.6 Å². The highest BCUT2D eigenvalue weighted by Crippen LogP contribution is 2.26. The van der Waals surface area contributed by atoms with E-state index in [1.54, 1.807) is 24.5 Å². The molecule has 0 aliphatic rings. The molecule has 2 nitrogen and oxygen atoms in total. The van der Waals surface area contributed by atoms with Gasteiger partial charge in [0, 0.05) is 6.07 Å². The number of benzene rings is 1. The Morgan fingerprint density at radius 3 is 2.77 bits per heavy atom. The summed E-state index contributed by atoms with van der Waals surface area (Å²) in [5, 5.41) is 8.80. The molecule has 0 unspecified atom stereocenters. The first kappa shape index (κ1) is 9.63. The number of rotatable bonds is 2. The van der Waals surface area contributed by atoms with E-state index in [1.807, 2.05) is 6.92 Å². The average molecular weight is 194 g/mol. The zero-order chi connectivity index (χ0) is 9.84. The predicted octanol–water partition coefficient (Wildman–Crippen LogP) is 3.23. The molecule has 0 bridgehead atoms. The van der Waals surface area contributed by atoms with Crippen molar-refractivity contribution >= 4 is 17.2 Å². The summed E-state index contributed by atoms with van der Waals surface area (Å²) in [5.41, 5.74) is 1.75. The van der Waals surface area contributed by atoms with Crippen molar-refractivity contribution in [1.29, 1.82) is 5.26 Å². The Hall–Kier alpha value is -1.46. The standard InChI is InChI=1S/C10H8ClNO/c1-7(2)9-4-3-8(13-6-12)5-10(9)11/h3-5H,1H2,2H3. The summed E-state index contributed by atoms with van der Waals surface area (Å²) >= 11 is 5.91. The lowest BCUT2D eigenvalue weighted by molar-refractivity contribution is 0.507. The highest BCUT2D eigenvalue weighted by Gasteiger charge is 2.02. The lowest BCUT2D eigenvalue weighted by Crippen LogP contribution is -1.84. The van der Waals surface area contributed by atoms with Crippen LogP contribution in [-0.2, 0) is 0 Å². The number of halogens is 1. The molecule has 0 saturated heterocycles. The molecule has 0 aliphatic heterocycles. The van der Waals surface area contributed by atoms with Gasteiger partial charge in [-0.3, -0.25) is 0 Å². The third kappa shape index (κ3) is 2.24. The zero-order valence-corrected chi connectivity index (χ0v) is 7.93. The van der Waals surface area contributed by atoms with E-state index in [4.69, 9.17) is 16.9 Å². The van der Waals surface area contributed by atoms with Gasteiger partial charge in [0.25, 0.3) is 6.26 Å². The van der Waals surface area contributed by atoms with Crippen LogP contribution in [0.15, 0.2) is 24.8 Å². The largest absolute Gasteiger partial charge is 0.388 e. The summed E-state index contributed by atoms with van der Waals surface area (Å²) in [6.45, 7) is 5.64. The van der Waals surface area contributed by atoms with Gasteiger partial charge in [-0.1, -0.05) is 18.2 Å². The summed E-state index contributed by atoms with van der Waals surface area (Å²) in [6, 6.07) is 5.05. The maximum atomic E-state index is 8.26. The first-order chi connectivity index (χ1) is 6.15. The average Bonchev–Trinajstić information content (AvgIpc) is 2.04. The van der Waals surface area contributed by atoms with Gasteiger partial charge < -0.3 is 4.74 Å². The first-order valence-corrected chi connectivity index (χ1v) is 4.04. The highest BCUT2D eigenvalue weighted by atomic mass is 35.5. The minimum Gasteiger partial charge on any atom is -0.388 e. The Bertz CT molecular complexity index is 379. The molecule has 0 aromatic heterocycles. The van der Waals surface area contributed by atoms with Crippen LogP contribution in [0.5, 0.6) is 5.75 Å². The first-order valence-electron chi connectivity index (χ1n) is 3.66. The van der Waals surface area contributed by atoms with E-state index >= 15 is 0 Å². The molecule has 0 spiro atoms. The Morgan fingerprint density at radius 1 is 1.62 bits per heavy atom. The molecule has 0 radical (unpaired) electrons. The summed E-state index contributed by atoms with van der Waals surface area (Å²) in [5.74, 6) is 0.442. The number of hydrogen-bond donors (Lipinski definition) is 0. The van der Waals surface area contributed by atoms with Gasteiger partial charge in [0.1, 0.15) is 5.75 Å². The van der Waals surface area contributed by atoms with Gasteiger partial charge >= 0.3 is 0 Å². The molecule has 13 heavy (non-hydrogen) atoms. The Kier molecular flexibility index (Phi) is 2.94. The van der Waals surface area contributed by atoms with Crippen molar-refractivity contribution in [2.24, 2.45) is 0 Å². The van der Waals surface area contributed by atoms with E-state index in [2.05, 4.69) is 11.3 Å². The molecule has 1 aromatic carbocycles. The van der Waals surface area contributed by atoms with Gasteiger partial charge in [0.05, 0.1) is 5.02 Å². The normalized spacial score (nSPS) is 9.00. The SMILES string of the molecule is C=C(C)c1ccc(OC#N)cc1Cl. The number of hydrogen-bond acceptors (Lipinski definition) is 2. The van der Waals surface area contributed by atoms with Crippen molar-refractivity contribution in [3.8, 4) is 12.0 Å². The van der Waals surface area contributed by atoms with E-state index in [-0.39, 0.29) is 0 Å². The topological polar surface area (TPSA) is 33.0 Å². The second kappa shape index (κ2) is 3.97. The number of nitrogens with zero attached hydrogens (tertiary/aromatic N) is 1. The van der Waals surface area contributed by atoms with E-state index in [1.165, 1.54) is 0 Å². The quantitative estimate of drug-likeness (QED) is 0.676. The zero-order valence-electron chi connectivity index (χ0n) is 7.17. The smallest absolute Gasteiger partial charge is 0.292 e. The van der Waals surface area contributed by atoms with Gasteiger partial charge in [-0.2, -0.15) is 0 Å². The fraction of sp³-hybridized carbons (Fsp3) is 0.100. The highest BCUT2D eigenvalue weighted by molar-refractivity contribution is 6.32. The minimum atomic E-state index is 0.442. The van der Waals surface area contributed by atoms with E-state index in [0.29, 0.717) is 10.8 Å². The Balaban J connectivity index is 3.07. The maximum Gasteiger partial charge on any atom is 0.292 e. The van der Waals surface area contributed by atoms with Crippen molar-refractivity contribution in [1.82, 2.24) is 0 Å². The molecule has 3 heteroatoms. The van der Waals surface area contributed by atoms with E-state index in [9.17, 15) is 0 Å². The molecule has 1 aromatic rings. The molecule has 0 heterocycles. The fourth-order valence-corrected chi connectivity index (χ4v) is 1.29. The molecule has 1 rings (SSSR count). The van der Waals surface area contributed by atoms with Gasteiger partial charge in [-0.15, -0.1) is 5.26 Å². The third-order valence-corrected chi connectivity index (χ3v) is 1.88. The number of allylic oxidation sites excluding steroid dienone is 1. The van der Waals surface area contributed by atoms with Crippen molar-refractivity contribution < 1.29 is 4.74 Å². The van der Waals surface area contributed by atoms with Gasteiger partial charge in [-0.05, 0) is 30.2 Å². The third-order valence-electron chi connectivity index (χ3n) is 1.56. The van der Waals surface area contributed by atoms with Crippen LogP contribution in [0.2, 0.25) is 5.02 Å². The summed E-state index contributed by atoms with van der Waals surface area (Å²) in [6.07, 6.45) is 1.58. The van der Waals surface area contributed by atoms with Crippen LogP contribution in [0.1, 0.15) is 12.5 Å². The maximum absolute atomic E-state index is 8.26. The van der Waals surface area contributed by atoms with Crippen molar-refractivity contribution in [3.63, 3.8) is 0 Å². The molecule has 0 fully saturated rings. The predicted molar refractivity (Wildman–Crippen MR) is 52.4 cm³/mol. The Labute approximate surface area is 82.0 Å². The van der Waals surface area contributed by atoms with Crippen LogP contribution in [0, 0.1) is 11.5 Å². The lowest BCUT2D eigenvalue weighted by atomic mass is 10.1.